The molecule has 0 spiro atoms. The number of fused-ring (bicyclic) bond motifs is 3. The topological polar surface area (TPSA) is 13.1 Å². The maximum atomic E-state index is 5.25. The minimum absolute atomic E-state index is 0.881. The second-order valence-electron chi connectivity index (χ2n) is 5.79. The minimum atomic E-state index is 0.881. The Labute approximate surface area is 135 Å². The first-order chi connectivity index (χ1) is 11.3. The van der Waals surface area contributed by atoms with Gasteiger partial charge < -0.3 is 4.74 Å². The number of ether oxygens (including phenoxy) is 1. The number of hydrogen-bond acceptors (Lipinski definition) is 1. The lowest BCUT2D eigenvalue weighted by molar-refractivity contribution is -0.643. The number of aryl methyl sites for hydroxylation is 1. The molecule has 0 atom stereocenters. The minimum Gasteiger partial charge on any atom is -0.497 e. The molecule has 0 saturated carbocycles. The van der Waals surface area contributed by atoms with E-state index in [2.05, 4.69) is 72.4 Å². The van der Waals surface area contributed by atoms with Crippen LogP contribution in [-0.2, 0) is 7.05 Å². The molecule has 2 nitrogen and oxygen atoms in total. The number of pyridine rings is 1. The average Bonchev–Trinajstić information content (AvgIpc) is 2.61. The first-order valence-electron chi connectivity index (χ1n) is 7.72. The lowest BCUT2D eigenvalue weighted by Crippen LogP contribution is -2.28. The van der Waals surface area contributed by atoms with Crippen molar-refractivity contribution in [3.8, 4) is 16.9 Å². The molecule has 0 fully saturated rings. The van der Waals surface area contributed by atoms with E-state index in [1.165, 1.54) is 32.8 Å². The van der Waals surface area contributed by atoms with E-state index in [4.69, 9.17) is 4.74 Å². The Morgan fingerprint density at radius 1 is 0.783 bits per heavy atom. The first-order valence-corrected chi connectivity index (χ1v) is 7.72. The van der Waals surface area contributed by atoms with Gasteiger partial charge in [0, 0.05) is 16.8 Å². The van der Waals surface area contributed by atoms with E-state index in [-0.39, 0.29) is 0 Å². The van der Waals surface area contributed by atoms with Crippen LogP contribution in [-0.4, -0.2) is 7.11 Å². The summed E-state index contributed by atoms with van der Waals surface area (Å²) in [5.74, 6) is 0.881. The number of aromatic nitrogens is 1. The van der Waals surface area contributed by atoms with Crippen molar-refractivity contribution in [1.82, 2.24) is 0 Å². The van der Waals surface area contributed by atoms with Crippen LogP contribution in [0, 0.1) is 0 Å². The predicted molar refractivity (Wildman–Crippen MR) is 94.6 cm³/mol. The molecule has 0 saturated heterocycles. The van der Waals surface area contributed by atoms with Crippen molar-refractivity contribution in [1.29, 1.82) is 0 Å². The summed E-state index contributed by atoms with van der Waals surface area (Å²) in [5.41, 5.74) is 3.65. The molecule has 1 heterocycles. The lowest BCUT2D eigenvalue weighted by atomic mass is 10.00. The number of benzene rings is 3. The van der Waals surface area contributed by atoms with Gasteiger partial charge in [-0.25, -0.2) is 4.57 Å². The van der Waals surface area contributed by atoms with Gasteiger partial charge in [-0.2, -0.15) is 0 Å². The van der Waals surface area contributed by atoms with Gasteiger partial charge in [0.2, 0.25) is 5.52 Å². The van der Waals surface area contributed by atoms with Crippen molar-refractivity contribution >= 4 is 21.7 Å². The maximum Gasteiger partial charge on any atom is 0.212 e. The molecule has 0 aliphatic heterocycles. The van der Waals surface area contributed by atoms with E-state index < -0.39 is 0 Å². The Morgan fingerprint density at radius 2 is 1.52 bits per heavy atom. The van der Waals surface area contributed by atoms with Crippen molar-refractivity contribution in [2.45, 2.75) is 0 Å². The fourth-order valence-electron chi connectivity index (χ4n) is 3.16. The van der Waals surface area contributed by atoms with Crippen LogP contribution in [0.4, 0.5) is 0 Å². The highest BCUT2D eigenvalue weighted by Crippen LogP contribution is 2.28. The summed E-state index contributed by atoms with van der Waals surface area (Å²) in [6, 6.07) is 23.4. The molecule has 0 radical (unpaired) electrons. The van der Waals surface area contributed by atoms with E-state index in [1.54, 1.807) is 7.11 Å². The van der Waals surface area contributed by atoms with E-state index in [0.29, 0.717) is 0 Å². The number of hydrogen-bond donors (Lipinski definition) is 0. The molecule has 4 aromatic rings. The Morgan fingerprint density at radius 3 is 2.30 bits per heavy atom. The summed E-state index contributed by atoms with van der Waals surface area (Å²) >= 11 is 0. The highest BCUT2D eigenvalue weighted by atomic mass is 16.5. The van der Waals surface area contributed by atoms with Crippen LogP contribution in [0.25, 0.3) is 32.8 Å². The zero-order valence-corrected chi connectivity index (χ0v) is 13.3. The highest BCUT2D eigenvalue weighted by molar-refractivity contribution is 6.05. The first kappa shape index (κ1) is 13.8. The van der Waals surface area contributed by atoms with E-state index in [0.717, 1.165) is 5.75 Å². The molecule has 2 heteroatoms. The van der Waals surface area contributed by atoms with Crippen LogP contribution < -0.4 is 9.30 Å². The van der Waals surface area contributed by atoms with Gasteiger partial charge in [0.15, 0.2) is 6.20 Å². The van der Waals surface area contributed by atoms with Crippen LogP contribution in [0.1, 0.15) is 0 Å². The number of nitrogens with zero attached hydrogens (tertiary/aromatic N) is 1. The molecular weight excluding hydrogens is 282 g/mol. The average molecular weight is 300 g/mol. The smallest absolute Gasteiger partial charge is 0.212 e. The quantitative estimate of drug-likeness (QED) is 0.392. The molecule has 0 amide bonds. The van der Waals surface area contributed by atoms with Gasteiger partial charge in [0.25, 0.3) is 0 Å². The van der Waals surface area contributed by atoms with Crippen molar-refractivity contribution < 1.29 is 9.30 Å². The van der Waals surface area contributed by atoms with Crippen molar-refractivity contribution in [3.63, 3.8) is 0 Å². The zero-order chi connectivity index (χ0) is 15.8. The zero-order valence-electron chi connectivity index (χ0n) is 13.3. The van der Waals surface area contributed by atoms with E-state index >= 15 is 0 Å². The third-order valence-electron chi connectivity index (χ3n) is 4.38. The van der Waals surface area contributed by atoms with Crippen molar-refractivity contribution in [2.24, 2.45) is 7.05 Å². The number of methoxy groups -OCH3 is 1. The third kappa shape index (κ3) is 2.33. The summed E-state index contributed by atoms with van der Waals surface area (Å²) in [6.07, 6.45) is 2.19. The summed E-state index contributed by atoms with van der Waals surface area (Å²) < 4.78 is 7.44. The summed E-state index contributed by atoms with van der Waals surface area (Å²) in [5, 5.41) is 3.82. The van der Waals surface area contributed by atoms with Crippen molar-refractivity contribution in [3.05, 3.63) is 72.9 Å². The standard InChI is InChI=1S/C21H18NO/c1-22-14-17-5-3-4-6-19(17)20-13-16(9-12-21(20)22)15-7-10-18(23-2)11-8-15/h3-14H,1-2H3/q+1. The summed E-state index contributed by atoms with van der Waals surface area (Å²) in [4.78, 5) is 0. The van der Waals surface area contributed by atoms with E-state index in [9.17, 15) is 0 Å². The molecule has 112 valence electrons. The van der Waals surface area contributed by atoms with Crippen LogP contribution in [0.5, 0.6) is 5.75 Å². The fraction of sp³-hybridized carbons (Fsp3) is 0.0952. The predicted octanol–water partition coefficient (Wildman–Crippen LogP) is 4.49. The molecule has 0 unspecified atom stereocenters. The SMILES string of the molecule is COc1ccc(-c2ccc3c(c2)c2ccccc2c[n+]3C)cc1. The third-order valence-corrected chi connectivity index (χ3v) is 4.38. The fourth-order valence-corrected chi connectivity index (χ4v) is 3.16. The van der Waals surface area contributed by atoms with Crippen LogP contribution in [0.2, 0.25) is 0 Å². The molecule has 0 N–H and O–H groups in total. The van der Waals surface area contributed by atoms with Gasteiger partial charge in [-0.15, -0.1) is 0 Å². The van der Waals surface area contributed by atoms with Gasteiger partial charge in [-0.3, -0.25) is 0 Å². The molecular formula is C21H18NO+. The van der Waals surface area contributed by atoms with Gasteiger partial charge in [-0.1, -0.05) is 30.3 Å². The van der Waals surface area contributed by atoms with Gasteiger partial charge >= 0.3 is 0 Å². The van der Waals surface area contributed by atoms with Crippen LogP contribution >= 0.6 is 0 Å². The van der Waals surface area contributed by atoms with Crippen molar-refractivity contribution in [2.75, 3.05) is 7.11 Å². The number of rotatable bonds is 2. The molecule has 1 aromatic heterocycles. The van der Waals surface area contributed by atoms with Gasteiger partial charge in [-0.05, 0) is 41.5 Å². The molecule has 3 aromatic carbocycles. The molecule has 0 aliphatic carbocycles. The van der Waals surface area contributed by atoms with Crippen LogP contribution in [0.3, 0.4) is 0 Å². The van der Waals surface area contributed by atoms with Crippen LogP contribution in [0.15, 0.2) is 72.9 Å². The Hall–Kier alpha value is -2.87. The second kappa shape index (κ2) is 5.40. The Kier molecular flexibility index (Phi) is 3.23. The molecule has 4 rings (SSSR count). The normalized spacial score (nSPS) is 11.0. The Bertz CT molecular complexity index is 1000. The maximum absolute atomic E-state index is 5.25. The second-order valence-corrected chi connectivity index (χ2v) is 5.79. The van der Waals surface area contributed by atoms with Gasteiger partial charge in [0.05, 0.1) is 12.5 Å². The van der Waals surface area contributed by atoms with E-state index in [1.807, 2.05) is 12.1 Å². The molecule has 0 aliphatic rings. The Balaban J connectivity index is 1.97. The summed E-state index contributed by atoms with van der Waals surface area (Å²) in [7, 11) is 3.79. The summed E-state index contributed by atoms with van der Waals surface area (Å²) in [6.45, 7) is 0. The molecule has 0 bridgehead atoms. The highest BCUT2D eigenvalue weighted by Gasteiger charge is 2.11. The largest absolute Gasteiger partial charge is 0.497 e. The monoisotopic (exact) mass is 300 g/mol. The van der Waals surface area contributed by atoms with Gasteiger partial charge in [0.1, 0.15) is 12.8 Å². The lowest BCUT2D eigenvalue weighted by Gasteiger charge is -2.07. The molecule has 23 heavy (non-hydrogen) atoms.